The summed E-state index contributed by atoms with van der Waals surface area (Å²) in [6.45, 7) is 0.0582. The summed E-state index contributed by atoms with van der Waals surface area (Å²) in [6.07, 6.45) is 2.25. The number of fused-ring (bicyclic) bond motifs is 1. The molecule has 2 N–H and O–H groups in total. The maximum Gasteiger partial charge on any atom is 0.328 e. The van der Waals surface area contributed by atoms with Gasteiger partial charge in [0.1, 0.15) is 0 Å². The molecule has 0 fully saturated rings. The van der Waals surface area contributed by atoms with Crippen LogP contribution in [0.4, 0.5) is 0 Å². The van der Waals surface area contributed by atoms with Crippen LogP contribution in [0.1, 0.15) is 29.5 Å². The molecular weight excluding hydrogens is 371 g/mol. The Hall–Kier alpha value is -1.41. The highest BCUT2D eigenvalue weighted by atomic mass is 127. The van der Waals surface area contributed by atoms with Crippen LogP contribution < -0.4 is 11.2 Å². The Morgan fingerprint density at radius 1 is 1.30 bits per heavy atom. The molecule has 104 valence electrons. The third-order valence-electron chi connectivity index (χ3n) is 3.78. The van der Waals surface area contributed by atoms with E-state index in [1.807, 2.05) is 46.9 Å². The molecule has 0 amide bonds. The molecule has 2 aromatic rings. The van der Waals surface area contributed by atoms with Crippen LogP contribution in [0.25, 0.3) is 0 Å². The smallest absolute Gasteiger partial charge is 0.328 e. The maximum absolute atomic E-state index is 12.0. The summed E-state index contributed by atoms with van der Waals surface area (Å²) in [6, 6.07) is 7.68. The molecule has 0 aliphatic heterocycles. The van der Waals surface area contributed by atoms with Gasteiger partial charge in [-0.2, -0.15) is 0 Å². The molecule has 1 heterocycles. The van der Waals surface area contributed by atoms with Crippen LogP contribution in [0.15, 0.2) is 40.1 Å². The second kappa shape index (κ2) is 5.17. The van der Waals surface area contributed by atoms with Crippen LogP contribution in [0, 0.1) is 3.57 Å². The van der Waals surface area contributed by atoms with Gasteiger partial charge in [-0.3, -0.25) is 14.3 Å². The van der Waals surface area contributed by atoms with Crippen LogP contribution >= 0.6 is 22.6 Å². The molecule has 0 saturated carbocycles. The van der Waals surface area contributed by atoms with Gasteiger partial charge in [0.2, 0.25) is 0 Å². The van der Waals surface area contributed by atoms with Crippen molar-refractivity contribution in [2.45, 2.75) is 18.4 Å². The fourth-order valence-electron chi connectivity index (χ4n) is 2.84. The summed E-state index contributed by atoms with van der Waals surface area (Å²) < 4.78 is 2.03. The molecule has 20 heavy (non-hydrogen) atoms. The number of H-pyrrole nitrogens is 1. The number of nitrogens with zero attached hydrogens (tertiary/aromatic N) is 1. The molecule has 0 saturated heterocycles. The quantitative estimate of drug-likeness (QED) is 0.765. The number of hydrogen-bond acceptors (Lipinski definition) is 3. The normalized spacial score (nSPS) is 20.9. The summed E-state index contributed by atoms with van der Waals surface area (Å²) in [7, 11) is 0. The SMILES string of the molecule is O=c1[nH]c(=O)n([C@@H]2C[C@H](CO)c3ccccc32)cc1I. The highest BCUT2D eigenvalue weighted by molar-refractivity contribution is 14.1. The first-order valence-corrected chi connectivity index (χ1v) is 7.40. The zero-order chi connectivity index (χ0) is 14.3. The van der Waals surface area contributed by atoms with E-state index in [2.05, 4.69) is 4.98 Å². The van der Waals surface area contributed by atoms with E-state index < -0.39 is 5.69 Å². The number of rotatable bonds is 2. The lowest BCUT2D eigenvalue weighted by atomic mass is 10.0. The number of aliphatic hydroxyl groups excluding tert-OH is 1. The number of aliphatic hydroxyl groups is 1. The van der Waals surface area contributed by atoms with Crippen LogP contribution in [0.3, 0.4) is 0 Å². The first-order valence-electron chi connectivity index (χ1n) is 6.32. The lowest BCUT2D eigenvalue weighted by Gasteiger charge is -2.15. The second-order valence-electron chi connectivity index (χ2n) is 4.90. The molecule has 0 unspecified atom stereocenters. The minimum Gasteiger partial charge on any atom is -0.396 e. The molecule has 6 heteroatoms. The molecule has 2 atom stereocenters. The Morgan fingerprint density at radius 3 is 2.70 bits per heavy atom. The van der Waals surface area contributed by atoms with Gasteiger partial charge >= 0.3 is 5.69 Å². The summed E-state index contributed by atoms with van der Waals surface area (Å²) in [5.41, 5.74) is 1.34. The lowest BCUT2D eigenvalue weighted by Crippen LogP contribution is -2.33. The van der Waals surface area contributed by atoms with Gasteiger partial charge in [-0.1, -0.05) is 24.3 Å². The van der Waals surface area contributed by atoms with Crippen molar-refractivity contribution in [1.29, 1.82) is 0 Å². The molecule has 0 bridgehead atoms. The number of hydrogen-bond donors (Lipinski definition) is 2. The van der Waals surface area contributed by atoms with E-state index >= 15 is 0 Å². The van der Waals surface area contributed by atoms with Crippen molar-refractivity contribution in [3.8, 4) is 0 Å². The number of nitrogens with one attached hydrogen (secondary N) is 1. The van der Waals surface area contributed by atoms with Crippen molar-refractivity contribution in [2.24, 2.45) is 0 Å². The third kappa shape index (κ3) is 2.12. The standard InChI is InChI=1S/C14H13IN2O3/c15-11-6-17(14(20)16-13(11)19)12-5-8(7-18)9-3-1-2-4-10(9)12/h1-4,6,8,12,18H,5,7H2,(H,16,19,20)/t8-,12-/m1/s1. The van der Waals surface area contributed by atoms with E-state index in [4.69, 9.17) is 0 Å². The van der Waals surface area contributed by atoms with Crippen molar-refractivity contribution in [3.05, 3.63) is 66.0 Å². The van der Waals surface area contributed by atoms with E-state index in [1.165, 1.54) is 0 Å². The zero-order valence-electron chi connectivity index (χ0n) is 10.5. The van der Waals surface area contributed by atoms with Gasteiger partial charge in [-0.15, -0.1) is 0 Å². The largest absolute Gasteiger partial charge is 0.396 e. The van der Waals surface area contributed by atoms with Crippen molar-refractivity contribution in [1.82, 2.24) is 9.55 Å². The minimum absolute atomic E-state index is 0.0349. The van der Waals surface area contributed by atoms with Gasteiger partial charge < -0.3 is 5.11 Å². The highest BCUT2D eigenvalue weighted by Gasteiger charge is 2.32. The summed E-state index contributed by atoms with van der Waals surface area (Å²) >= 11 is 1.91. The summed E-state index contributed by atoms with van der Waals surface area (Å²) in [5, 5.41) is 9.50. The van der Waals surface area contributed by atoms with Crippen LogP contribution in [0.5, 0.6) is 0 Å². The Morgan fingerprint density at radius 2 is 2.00 bits per heavy atom. The van der Waals surface area contributed by atoms with Gasteiger partial charge in [0, 0.05) is 12.1 Å². The number of benzene rings is 1. The molecule has 0 radical (unpaired) electrons. The molecule has 1 aromatic carbocycles. The lowest BCUT2D eigenvalue weighted by molar-refractivity contribution is 0.258. The van der Waals surface area contributed by atoms with Crippen molar-refractivity contribution >= 4 is 22.6 Å². The van der Waals surface area contributed by atoms with Crippen molar-refractivity contribution < 1.29 is 5.11 Å². The van der Waals surface area contributed by atoms with Gasteiger partial charge in [-0.25, -0.2) is 4.79 Å². The zero-order valence-corrected chi connectivity index (χ0v) is 12.7. The predicted molar refractivity (Wildman–Crippen MR) is 83.1 cm³/mol. The number of aromatic nitrogens is 2. The minimum atomic E-state index is -0.409. The second-order valence-corrected chi connectivity index (χ2v) is 6.07. The average molecular weight is 384 g/mol. The van der Waals surface area contributed by atoms with Gasteiger partial charge in [0.05, 0.1) is 16.2 Å². The Kier molecular flexibility index (Phi) is 3.51. The van der Waals surface area contributed by atoms with E-state index in [0.717, 1.165) is 11.1 Å². The highest BCUT2D eigenvalue weighted by Crippen LogP contribution is 2.41. The van der Waals surface area contributed by atoms with E-state index in [1.54, 1.807) is 10.8 Å². The first kappa shape index (κ1) is 13.6. The predicted octanol–water partition coefficient (Wildman–Crippen LogP) is 1.21. The van der Waals surface area contributed by atoms with E-state index in [0.29, 0.717) is 9.99 Å². The number of halogens is 1. The maximum atomic E-state index is 12.0. The topological polar surface area (TPSA) is 75.1 Å². The van der Waals surface area contributed by atoms with Crippen LogP contribution in [-0.2, 0) is 0 Å². The molecule has 1 aliphatic rings. The van der Waals surface area contributed by atoms with Crippen LogP contribution in [-0.4, -0.2) is 21.3 Å². The first-order chi connectivity index (χ1) is 9.61. The van der Waals surface area contributed by atoms with Crippen LogP contribution in [0.2, 0.25) is 0 Å². The average Bonchev–Trinajstić information content (AvgIpc) is 2.82. The fraction of sp³-hybridized carbons (Fsp3) is 0.286. The Labute approximate surface area is 128 Å². The third-order valence-corrected chi connectivity index (χ3v) is 4.55. The molecule has 3 rings (SSSR count). The fourth-order valence-corrected chi connectivity index (χ4v) is 3.27. The van der Waals surface area contributed by atoms with Gasteiger partial charge in [-0.05, 0) is 40.1 Å². The summed E-state index contributed by atoms with van der Waals surface area (Å²) in [4.78, 5) is 25.8. The molecule has 1 aromatic heterocycles. The van der Waals surface area contributed by atoms with E-state index in [9.17, 15) is 14.7 Å². The Bertz CT molecular complexity index is 765. The molecule has 5 nitrogen and oxygen atoms in total. The Balaban J connectivity index is 2.16. The van der Waals surface area contributed by atoms with E-state index in [-0.39, 0.29) is 24.1 Å². The molecule has 1 aliphatic carbocycles. The van der Waals surface area contributed by atoms with Crippen molar-refractivity contribution in [3.63, 3.8) is 0 Å². The number of aromatic amines is 1. The van der Waals surface area contributed by atoms with Gasteiger partial charge in [0.25, 0.3) is 5.56 Å². The molecule has 0 spiro atoms. The monoisotopic (exact) mass is 384 g/mol. The van der Waals surface area contributed by atoms with Crippen molar-refractivity contribution in [2.75, 3.05) is 6.61 Å². The molecular formula is C14H13IN2O3. The van der Waals surface area contributed by atoms with Gasteiger partial charge in [0.15, 0.2) is 0 Å². The summed E-state index contributed by atoms with van der Waals surface area (Å²) in [5.74, 6) is 0.0349.